The van der Waals surface area contributed by atoms with Crippen LogP contribution in [0.1, 0.15) is 31.1 Å². The van der Waals surface area contributed by atoms with E-state index in [0.717, 1.165) is 5.52 Å². The molecule has 0 aliphatic carbocycles. The summed E-state index contributed by atoms with van der Waals surface area (Å²) < 4.78 is 37.0. The van der Waals surface area contributed by atoms with E-state index >= 15 is 0 Å². The summed E-state index contributed by atoms with van der Waals surface area (Å²) in [5, 5.41) is 5.25. The van der Waals surface area contributed by atoms with Gasteiger partial charge >= 0.3 is 0 Å². The van der Waals surface area contributed by atoms with E-state index in [1.54, 1.807) is 30.3 Å². The minimum absolute atomic E-state index is 0.0110. The molecule has 0 unspecified atom stereocenters. The third kappa shape index (κ3) is 5.79. The van der Waals surface area contributed by atoms with E-state index in [1.807, 2.05) is 25.3 Å². The van der Waals surface area contributed by atoms with Gasteiger partial charge in [-0.3, -0.25) is 4.79 Å². The molecule has 0 radical (unpaired) electrons. The Hall–Kier alpha value is -2.53. The van der Waals surface area contributed by atoms with E-state index in [-0.39, 0.29) is 11.0 Å². The number of carbonyl (C=O) groups is 1. The molecule has 31 heavy (non-hydrogen) atoms. The fraction of sp³-hybridized carbons (Fsp3) is 0.333. The number of amides is 1. The molecule has 2 N–H and O–H groups in total. The topological polar surface area (TPSA) is 113 Å². The van der Waals surface area contributed by atoms with Gasteiger partial charge in [-0.05, 0) is 63.2 Å². The van der Waals surface area contributed by atoms with Crippen molar-refractivity contribution in [2.75, 3.05) is 13.2 Å². The van der Waals surface area contributed by atoms with Crippen LogP contribution in [0.4, 0.5) is 0 Å². The fourth-order valence-corrected chi connectivity index (χ4v) is 4.64. The Morgan fingerprint density at radius 2 is 1.90 bits per heavy atom. The van der Waals surface area contributed by atoms with Crippen LogP contribution in [0, 0.1) is 0 Å². The molecule has 10 heteroatoms. The molecule has 8 nitrogen and oxygen atoms in total. The first-order valence-electron chi connectivity index (χ1n) is 9.78. The molecule has 0 saturated carbocycles. The highest BCUT2D eigenvalue weighted by Gasteiger charge is 2.14. The van der Waals surface area contributed by atoms with Crippen molar-refractivity contribution in [3.05, 3.63) is 52.8 Å². The van der Waals surface area contributed by atoms with Crippen molar-refractivity contribution in [3.8, 4) is 5.75 Å². The lowest BCUT2D eigenvalue weighted by Crippen LogP contribution is -2.19. The number of fused-ring (bicyclic) bond motifs is 1. The molecule has 0 atom stereocenters. The van der Waals surface area contributed by atoms with E-state index in [0.29, 0.717) is 40.6 Å². The Labute approximate surface area is 185 Å². The maximum absolute atomic E-state index is 12.8. The van der Waals surface area contributed by atoms with E-state index in [1.165, 1.54) is 23.5 Å². The number of aromatic nitrogens is 1. The zero-order valence-corrected chi connectivity index (χ0v) is 19.2. The number of sulfonamides is 1. The first-order chi connectivity index (χ1) is 14.7. The van der Waals surface area contributed by atoms with Gasteiger partial charge in [-0.1, -0.05) is 11.3 Å². The molecular weight excluding hydrogens is 438 g/mol. The normalized spacial score (nSPS) is 12.6. The summed E-state index contributed by atoms with van der Waals surface area (Å²) >= 11 is 1.22. The Morgan fingerprint density at radius 3 is 2.52 bits per heavy atom. The number of rotatable bonds is 8. The maximum atomic E-state index is 12.8. The van der Waals surface area contributed by atoms with Gasteiger partial charge in [0.25, 0.3) is 5.91 Å². The standard InChI is InChI=1S/C21H25N3O5S2/c1-4-28-12-11-24-18-10-9-17(31(22,26)27)13-19(18)30-21(24)23-20(25)15-5-7-16(8-6-15)29-14(2)3/h5-10,13-14H,4,11-12H2,1-3H3,(H2,22,26,27). The van der Waals surface area contributed by atoms with Gasteiger partial charge < -0.3 is 14.0 Å². The number of nitrogens with zero attached hydrogens (tertiary/aromatic N) is 2. The van der Waals surface area contributed by atoms with Gasteiger partial charge in [-0.25, -0.2) is 13.6 Å². The number of hydrogen-bond donors (Lipinski definition) is 1. The number of benzene rings is 2. The molecular formula is C21H25N3O5S2. The molecule has 0 spiro atoms. The smallest absolute Gasteiger partial charge is 0.279 e. The second kappa shape index (κ2) is 9.73. The molecule has 0 saturated heterocycles. The Kier molecular flexibility index (Phi) is 7.26. The van der Waals surface area contributed by atoms with Gasteiger partial charge in [-0.15, -0.1) is 0 Å². The third-order valence-electron chi connectivity index (χ3n) is 4.32. The summed E-state index contributed by atoms with van der Waals surface area (Å²) in [4.78, 5) is 17.5. The van der Waals surface area contributed by atoms with Crippen LogP contribution in [0.25, 0.3) is 10.2 Å². The number of primary sulfonamides is 1. The number of carbonyl (C=O) groups excluding carboxylic acids is 1. The van der Waals surface area contributed by atoms with Crippen LogP contribution < -0.4 is 14.7 Å². The molecule has 166 valence electrons. The average Bonchev–Trinajstić information content (AvgIpc) is 3.04. The minimum Gasteiger partial charge on any atom is -0.491 e. The quantitative estimate of drug-likeness (QED) is 0.516. The summed E-state index contributed by atoms with van der Waals surface area (Å²) in [6.07, 6.45) is 0.0383. The van der Waals surface area contributed by atoms with Gasteiger partial charge in [0, 0.05) is 18.7 Å². The fourth-order valence-electron chi connectivity index (χ4n) is 2.93. The first-order valence-corrected chi connectivity index (χ1v) is 12.1. The van der Waals surface area contributed by atoms with Crippen LogP contribution in [0.5, 0.6) is 5.75 Å². The Balaban J connectivity index is 2.02. The van der Waals surface area contributed by atoms with Gasteiger partial charge in [-0.2, -0.15) is 4.99 Å². The summed E-state index contributed by atoms with van der Waals surface area (Å²) in [7, 11) is -3.83. The van der Waals surface area contributed by atoms with Crippen LogP contribution in [-0.4, -0.2) is 38.2 Å². The van der Waals surface area contributed by atoms with Gasteiger partial charge in [0.15, 0.2) is 4.80 Å². The van der Waals surface area contributed by atoms with Crippen LogP contribution in [-0.2, 0) is 21.3 Å². The molecule has 2 aromatic carbocycles. The molecule has 0 aliphatic heterocycles. The van der Waals surface area contributed by atoms with Crippen molar-refractivity contribution >= 4 is 37.5 Å². The number of thiazole rings is 1. The highest BCUT2D eigenvalue weighted by molar-refractivity contribution is 7.89. The van der Waals surface area contributed by atoms with E-state index in [9.17, 15) is 13.2 Å². The summed E-state index contributed by atoms with van der Waals surface area (Å²) in [5.74, 6) is 0.273. The van der Waals surface area contributed by atoms with Crippen LogP contribution in [0.15, 0.2) is 52.4 Å². The minimum atomic E-state index is -3.83. The van der Waals surface area contributed by atoms with Crippen molar-refractivity contribution in [1.29, 1.82) is 0 Å². The highest BCUT2D eigenvalue weighted by atomic mass is 32.2. The lowest BCUT2D eigenvalue weighted by atomic mass is 10.2. The van der Waals surface area contributed by atoms with Crippen molar-refractivity contribution < 1.29 is 22.7 Å². The molecule has 0 aliphatic rings. The molecule has 1 aromatic heterocycles. The maximum Gasteiger partial charge on any atom is 0.279 e. The van der Waals surface area contributed by atoms with E-state index in [4.69, 9.17) is 14.6 Å². The largest absolute Gasteiger partial charge is 0.491 e. The van der Waals surface area contributed by atoms with Crippen molar-refractivity contribution in [2.45, 2.75) is 38.3 Å². The van der Waals surface area contributed by atoms with Gasteiger partial charge in [0.2, 0.25) is 10.0 Å². The SMILES string of the molecule is CCOCCn1c(=NC(=O)c2ccc(OC(C)C)cc2)sc2cc(S(N)(=O)=O)ccc21. The molecule has 0 bridgehead atoms. The van der Waals surface area contributed by atoms with Crippen molar-refractivity contribution in [1.82, 2.24) is 4.57 Å². The number of ether oxygens (including phenoxy) is 2. The second-order valence-electron chi connectivity index (χ2n) is 7.02. The number of hydrogen-bond acceptors (Lipinski definition) is 6. The van der Waals surface area contributed by atoms with E-state index < -0.39 is 15.9 Å². The zero-order valence-electron chi connectivity index (χ0n) is 17.6. The molecule has 3 rings (SSSR count). The van der Waals surface area contributed by atoms with Crippen molar-refractivity contribution in [2.24, 2.45) is 10.1 Å². The lowest BCUT2D eigenvalue weighted by Gasteiger charge is -2.09. The van der Waals surface area contributed by atoms with Crippen molar-refractivity contribution in [3.63, 3.8) is 0 Å². The lowest BCUT2D eigenvalue weighted by molar-refractivity contribution is 0.0996. The van der Waals surface area contributed by atoms with Gasteiger partial charge in [0.05, 0.1) is 27.8 Å². The zero-order chi connectivity index (χ0) is 22.6. The predicted octanol–water partition coefficient (Wildman–Crippen LogP) is 2.92. The first kappa shape index (κ1) is 23.1. The van der Waals surface area contributed by atoms with E-state index in [2.05, 4.69) is 4.99 Å². The Morgan fingerprint density at radius 1 is 1.19 bits per heavy atom. The molecule has 1 heterocycles. The predicted molar refractivity (Wildman–Crippen MR) is 120 cm³/mol. The average molecular weight is 464 g/mol. The molecule has 0 fully saturated rings. The summed E-state index contributed by atoms with van der Waals surface area (Å²) in [6.45, 7) is 7.22. The monoisotopic (exact) mass is 463 g/mol. The highest BCUT2D eigenvalue weighted by Crippen LogP contribution is 2.22. The molecule has 1 amide bonds. The third-order valence-corrected chi connectivity index (χ3v) is 6.27. The van der Waals surface area contributed by atoms with Crippen LogP contribution in [0.3, 0.4) is 0 Å². The van der Waals surface area contributed by atoms with Gasteiger partial charge in [0.1, 0.15) is 5.75 Å². The summed E-state index contributed by atoms with van der Waals surface area (Å²) in [5.41, 5.74) is 1.18. The van der Waals surface area contributed by atoms with Crippen LogP contribution in [0.2, 0.25) is 0 Å². The molecule has 3 aromatic rings. The summed E-state index contributed by atoms with van der Waals surface area (Å²) in [6, 6.07) is 11.4. The second-order valence-corrected chi connectivity index (χ2v) is 9.59. The Bertz CT molecular complexity index is 1240. The number of nitrogens with two attached hydrogens (primary N) is 1. The van der Waals surface area contributed by atoms with Crippen LogP contribution >= 0.6 is 11.3 Å².